The van der Waals surface area contributed by atoms with E-state index >= 15 is 0 Å². The van der Waals surface area contributed by atoms with Gasteiger partial charge in [0, 0.05) is 24.4 Å². The van der Waals surface area contributed by atoms with Crippen molar-refractivity contribution in [1.82, 2.24) is 10.6 Å². The molecular weight excluding hydrogens is 444 g/mol. The number of carboxylic acids is 1. The number of carbonyl (C=O) groups excluding carboxylic acids is 2. The topological polar surface area (TPSA) is 105 Å². The first-order valence-electron chi connectivity index (χ1n) is 12.3. The number of nitrogens with one attached hydrogen (secondary N) is 2. The zero-order valence-electron chi connectivity index (χ0n) is 19.9. The van der Waals surface area contributed by atoms with E-state index in [-0.39, 0.29) is 36.9 Å². The van der Waals surface area contributed by atoms with Crippen LogP contribution in [-0.2, 0) is 14.3 Å². The minimum atomic E-state index is -0.841. The summed E-state index contributed by atoms with van der Waals surface area (Å²) < 4.78 is 5.62. The van der Waals surface area contributed by atoms with E-state index in [9.17, 15) is 19.5 Å². The second-order valence-electron chi connectivity index (χ2n) is 9.22. The number of amides is 2. The number of alkyl carbamates (subject to hydrolysis) is 1. The molecule has 2 aliphatic rings. The normalized spacial score (nSPS) is 19.3. The molecule has 0 fully saturated rings. The van der Waals surface area contributed by atoms with Crippen LogP contribution in [0.25, 0.3) is 11.1 Å². The third-order valence-corrected chi connectivity index (χ3v) is 6.90. The van der Waals surface area contributed by atoms with Crippen molar-refractivity contribution in [3.63, 3.8) is 0 Å². The van der Waals surface area contributed by atoms with Gasteiger partial charge in [0.1, 0.15) is 6.61 Å². The van der Waals surface area contributed by atoms with Gasteiger partial charge in [-0.3, -0.25) is 9.59 Å². The Morgan fingerprint density at radius 3 is 2.34 bits per heavy atom. The zero-order valence-corrected chi connectivity index (χ0v) is 19.9. The fourth-order valence-corrected chi connectivity index (χ4v) is 4.97. The maximum Gasteiger partial charge on any atom is 0.407 e. The minimum Gasteiger partial charge on any atom is -0.481 e. The molecule has 0 aliphatic heterocycles. The van der Waals surface area contributed by atoms with Crippen LogP contribution in [0.4, 0.5) is 4.79 Å². The third-order valence-electron chi connectivity index (χ3n) is 6.90. The molecule has 2 aliphatic carbocycles. The molecule has 4 rings (SSSR count). The number of hydrogen-bond donors (Lipinski definition) is 3. The van der Waals surface area contributed by atoms with E-state index in [0.29, 0.717) is 25.7 Å². The molecular formula is C28H32N2O5. The molecule has 3 N–H and O–H groups in total. The van der Waals surface area contributed by atoms with Gasteiger partial charge in [0.2, 0.25) is 5.91 Å². The molecule has 0 saturated carbocycles. The molecule has 7 heteroatoms. The number of allylic oxidation sites excluding steroid dienone is 1. The lowest BCUT2D eigenvalue weighted by atomic mass is 9.91. The Hall–Kier alpha value is -3.61. The lowest BCUT2D eigenvalue weighted by Gasteiger charge is -2.23. The van der Waals surface area contributed by atoms with Crippen LogP contribution in [0.15, 0.2) is 60.7 Å². The number of benzene rings is 2. The summed E-state index contributed by atoms with van der Waals surface area (Å²) in [4.78, 5) is 36.1. The summed E-state index contributed by atoms with van der Waals surface area (Å²) in [5.74, 6) is -1.47. The third kappa shape index (κ3) is 5.91. The fourth-order valence-electron chi connectivity index (χ4n) is 4.97. The lowest BCUT2D eigenvalue weighted by Crippen LogP contribution is -2.39. The Kier molecular flexibility index (Phi) is 7.85. The highest BCUT2D eigenvalue weighted by Crippen LogP contribution is 2.44. The highest BCUT2D eigenvalue weighted by molar-refractivity contribution is 5.79. The van der Waals surface area contributed by atoms with Crippen LogP contribution < -0.4 is 10.6 Å². The monoisotopic (exact) mass is 476 g/mol. The second kappa shape index (κ2) is 11.2. The van der Waals surface area contributed by atoms with E-state index in [1.54, 1.807) is 6.08 Å². The Bertz CT molecular complexity index is 1070. The Morgan fingerprint density at radius 2 is 1.71 bits per heavy atom. The van der Waals surface area contributed by atoms with Crippen LogP contribution in [0.1, 0.15) is 56.1 Å². The molecule has 0 bridgehead atoms. The van der Waals surface area contributed by atoms with Crippen LogP contribution in [0.3, 0.4) is 0 Å². The molecule has 35 heavy (non-hydrogen) atoms. The number of carbonyl (C=O) groups is 3. The van der Waals surface area contributed by atoms with Crippen LogP contribution >= 0.6 is 0 Å². The number of hydrogen-bond acceptors (Lipinski definition) is 4. The number of ether oxygens (including phenoxy) is 1. The quantitative estimate of drug-likeness (QED) is 0.458. The smallest absolute Gasteiger partial charge is 0.407 e. The maximum absolute atomic E-state index is 12.6. The molecule has 1 unspecified atom stereocenters. The molecule has 0 spiro atoms. The van der Waals surface area contributed by atoms with Crippen molar-refractivity contribution in [2.45, 2.75) is 57.0 Å². The van der Waals surface area contributed by atoms with Crippen molar-refractivity contribution in [3.8, 4) is 11.1 Å². The van der Waals surface area contributed by atoms with Gasteiger partial charge in [-0.25, -0.2) is 4.79 Å². The molecule has 2 aromatic carbocycles. The Morgan fingerprint density at radius 1 is 1.06 bits per heavy atom. The first-order chi connectivity index (χ1) is 17.0. The van der Waals surface area contributed by atoms with E-state index in [0.717, 1.165) is 11.1 Å². The van der Waals surface area contributed by atoms with Crippen LogP contribution in [0, 0.1) is 5.92 Å². The van der Waals surface area contributed by atoms with Crippen LogP contribution in [0.2, 0.25) is 0 Å². The van der Waals surface area contributed by atoms with Gasteiger partial charge < -0.3 is 20.5 Å². The molecule has 0 aromatic heterocycles. The molecule has 0 radical (unpaired) electrons. The lowest BCUT2D eigenvalue weighted by molar-refractivity contribution is -0.142. The Labute approximate surface area is 205 Å². The van der Waals surface area contributed by atoms with Crippen molar-refractivity contribution < 1.29 is 24.2 Å². The summed E-state index contributed by atoms with van der Waals surface area (Å²) in [6.07, 6.45) is 5.44. The van der Waals surface area contributed by atoms with Gasteiger partial charge in [-0.2, -0.15) is 0 Å². The van der Waals surface area contributed by atoms with Crippen LogP contribution in [0.5, 0.6) is 0 Å². The maximum atomic E-state index is 12.6. The van der Waals surface area contributed by atoms with E-state index < -0.39 is 18.0 Å². The number of rotatable bonds is 9. The van der Waals surface area contributed by atoms with E-state index in [1.165, 1.54) is 11.1 Å². The predicted molar refractivity (Wildman–Crippen MR) is 133 cm³/mol. The molecule has 2 aromatic rings. The summed E-state index contributed by atoms with van der Waals surface area (Å²) in [6.45, 7) is 2.20. The average molecular weight is 477 g/mol. The number of fused-ring (bicyclic) bond motifs is 3. The molecule has 0 heterocycles. The number of carboxylic acid groups (broad SMARTS) is 1. The largest absolute Gasteiger partial charge is 0.481 e. The predicted octanol–water partition coefficient (Wildman–Crippen LogP) is 4.62. The van der Waals surface area contributed by atoms with Crippen LogP contribution in [-0.4, -0.2) is 41.8 Å². The average Bonchev–Trinajstić information content (AvgIpc) is 3.19. The summed E-state index contributed by atoms with van der Waals surface area (Å²) in [5, 5.41) is 15.0. The van der Waals surface area contributed by atoms with Crippen molar-refractivity contribution in [2.24, 2.45) is 5.92 Å². The van der Waals surface area contributed by atoms with Crippen molar-refractivity contribution in [3.05, 3.63) is 71.8 Å². The second-order valence-corrected chi connectivity index (χ2v) is 9.22. The van der Waals surface area contributed by atoms with Gasteiger partial charge in [-0.1, -0.05) is 67.6 Å². The Balaban J connectivity index is 1.25. The van der Waals surface area contributed by atoms with Gasteiger partial charge >= 0.3 is 12.1 Å². The van der Waals surface area contributed by atoms with Crippen molar-refractivity contribution in [1.29, 1.82) is 0 Å². The van der Waals surface area contributed by atoms with E-state index in [4.69, 9.17) is 4.74 Å². The first kappa shape index (κ1) is 24.5. The minimum absolute atomic E-state index is 0.00261. The fraction of sp³-hybridized carbons (Fsp3) is 0.393. The van der Waals surface area contributed by atoms with Gasteiger partial charge in [0.25, 0.3) is 0 Å². The van der Waals surface area contributed by atoms with Gasteiger partial charge in [-0.05, 0) is 47.9 Å². The van der Waals surface area contributed by atoms with Gasteiger partial charge in [0.15, 0.2) is 0 Å². The molecule has 2 amide bonds. The molecule has 3 atom stereocenters. The SMILES string of the molecule is CCC(CCC(=O)N[C@@H]1C=CC[C@@H](C(=O)O)C1)NC(=O)OCC1c2ccccc2-c2ccccc21. The highest BCUT2D eigenvalue weighted by atomic mass is 16.5. The number of aliphatic carboxylic acids is 1. The summed E-state index contributed by atoms with van der Waals surface area (Å²) in [5.41, 5.74) is 4.67. The van der Waals surface area contributed by atoms with Crippen molar-refractivity contribution in [2.75, 3.05) is 6.61 Å². The summed E-state index contributed by atoms with van der Waals surface area (Å²) in [6, 6.07) is 15.9. The zero-order chi connectivity index (χ0) is 24.8. The van der Waals surface area contributed by atoms with Gasteiger partial charge in [0.05, 0.1) is 5.92 Å². The summed E-state index contributed by atoms with van der Waals surface area (Å²) >= 11 is 0. The first-order valence-corrected chi connectivity index (χ1v) is 12.3. The standard InChI is InChI=1S/C28H32N2O5/c1-2-19(14-15-26(31)29-20-9-7-8-18(16-20)27(32)33)30-28(34)35-17-25-23-12-5-3-10-21(23)22-11-4-6-13-24(22)25/h3-7,9-13,18-20,25H,2,8,14-17H2,1H3,(H,29,31)(H,30,34)(H,32,33)/t18-,19?,20-/m1/s1. The van der Waals surface area contributed by atoms with Crippen molar-refractivity contribution >= 4 is 18.0 Å². The highest BCUT2D eigenvalue weighted by Gasteiger charge is 2.29. The van der Waals surface area contributed by atoms with E-state index in [2.05, 4.69) is 34.9 Å². The summed E-state index contributed by atoms with van der Waals surface area (Å²) in [7, 11) is 0. The van der Waals surface area contributed by atoms with Gasteiger partial charge in [-0.15, -0.1) is 0 Å². The molecule has 184 valence electrons. The molecule has 0 saturated heterocycles. The molecule has 7 nitrogen and oxygen atoms in total. The van der Waals surface area contributed by atoms with E-state index in [1.807, 2.05) is 37.3 Å².